The third-order valence-corrected chi connectivity index (χ3v) is 5.46. The second-order valence-corrected chi connectivity index (χ2v) is 7.02. The first-order valence-corrected chi connectivity index (χ1v) is 9.08. The third-order valence-electron chi connectivity index (χ3n) is 5.46. The summed E-state index contributed by atoms with van der Waals surface area (Å²) < 4.78 is 13.2. The number of hydrogen-bond donors (Lipinski definition) is 1. The monoisotopic (exact) mass is 361 g/mol. The number of nitrogens with zero attached hydrogens (tertiary/aromatic N) is 2. The Morgan fingerprint density at radius 2 is 1.96 bits per heavy atom. The standard InChI is InChI=1S/C19H24FN3O3/c1-3-19(14-7-9-15(20)10-8-14)17(25)23(18(26)21-19)12-16(24)22-11-5-4-6-13(22)2/h7-10,13H,3-6,11-12H2,1-2H3,(H,21,26). The summed E-state index contributed by atoms with van der Waals surface area (Å²) in [6.07, 6.45) is 3.26. The summed E-state index contributed by atoms with van der Waals surface area (Å²) in [7, 11) is 0. The van der Waals surface area contributed by atoms with E-state index in [4.69, 9.17) is 0 Å². The average Bonchev–Trinajstić information content (AvgIpc) is 2.87. The summed E-state index contributed by atoms with van der Waals surface area (Å²) >= 11 is 0. The van der Waals surface area contributed by atoms with Crippen molar-refractivity contribution in [2.75, 3.05) is 13.1 Å². The topological polar surface area (TPSA) is 69.7 Å². The van der Waals surface area contributed by atoms with Crippen LogP contribution in [0.1, 0.15) is 45.1 Å². The second kappa shape index (κ2) is 7.05. The van der Waals surface area contributed by atoms with Gasteiger partial charge in [-0.05, 0) is 50.3 Å². The maximum Gasteiger partial charge on any atom is 0.325 e. The van der Waals surface area contributed by atoms with Crippen LogP contribution in [0.15, 0.2) is 24.3 Å². The van der Waals surface area contributed by atoms with E-state index in [2.05, 4.69) is 5.32 Å². The minimum atomic E-state index is -1.25. The third kappa shape index (κ3) is 3.06. The van der Waals surface area contributed by atoms with Gasteiger partial charge in [-0.25, -0.2) is 9.18 Å². The number of rotatable bonds is 4. The van der Waals surface area contributed by atoms with Gasteiger partial charge in [0.2, 0.25) is 5.91 Å². The van der Waals surface area contributed by atoms with Crippen LogP contribution < -0.4 is 5.32 Å². The Labute approximate surface area is 152 Å². The highest BCUT2D eigenvalue weighted by atomic mass is 19.1. The lowest BCUT2D eigenvalue weighted by molar-refractivity contribution is -0.141. The van der Waals surface area contributed by atoms with Crippen LogP contribution in [-0.2, 0) is 15.1 Å². The van der Waals surface area contributed by atoms with Crippen molar-refractivity contribution in [2.45, 2.75) is 51.1 Å². The molecule has 1 aromatic carbocycles. The molecule has 0 aromatic heterocycles. The molecule has 7 heteroatoms. The molecule has 2 heterocycles. The molecule has 140 valence electrons. The first kappa shape index (κ1) is 18.4. The number of halogens is 1. The van der Waals surface area contributed by atoms with Crippen LogP contribution in [0.25, 0.3) is 0 Å². The zero-order valence-electron chi connectivity index (χ0n) is 15.1. The number of carbonyl (C=O) groups is 3. The van der Waals surface area contributed by atoms with Crippen LogP contribution >= 0.6 is 0 Å². The number of hydrogen-bond acceptors (Lipinski definition) is 3. The van der Waals surface area contributed by atoms with E-state index < -0.39 is 23.3 Å². The van der Waals surface area contributed by atoms with Crippen LogP contribution in [0.2, 0.25) is 0 Å². The molecular weight excluding hydrogens is 337 g/mol. The minimum absolute atomic E-state index is 0.116. The van der Waals surface area contributed by atoms with Gasteiger partial charge >= 0.3 is 6.03 Å². The summed E-state index contributed by atoms with van der Waals surface area (Å²) in [5.74, 6) is -1.09. The Kier molecular flexibility index (Phi) is 4.98. The van der Waals surface area contributed by atoms with Crippen molar-refractivity contribution in [3.63, 3.8) is 0 Å². The largest absolute Gasteiger partial charge is 0.338 e. The molecule has 26 heavy (non-hydrogen) atoms. The number of benzene rings is 1. The first-order chi connectivity index (χ1) is 12.4. The lowest BCUT2D eigenvalue weighted by atomic mass is 9.87. The zero-order chi connectivity index (χ0) is 18.9. The van der Waals surface area contributed by atoms with Gasteiger partial charge in [-0.1, -0.05) is 19.1 Å². The molecule has 2 fully saturated rings. The Morgan fingerprint density at radius 1 is 1.27 bits per heavy atom. The molecule has 6 nitrogen and oxygen atoms in total. The van der Waals surface area contributed by atoms with Gasteiger partial charge in [-0.15, -0.1) is 0 Å². The molecule has 0 radical (unpaired) electrons. The molecule has 3 rings (SSSR count). The number of urea groups is 1. The van der Waals surface area contributed by atoms with Crippen molar-refractivity contribution in [3.05, 3.63) is 35.6 Å². The number of nitrogens with one attached hydrogen (secondary N) is 1. The molecule has 0 spiro atoms. The second-order valence-electron chi connectivity index (χ2n) is 7.02. The van der Waals surface area contributed by atoms with Crippen molar-refractivity contribution in [1.82, 2.24) is 15.1 Å². The van der Waals surface area contributed by atoms with Crippen molar-refractivity contribution in [2.24, 2.45) is 0 Å². The van der Waals surface area contributed by atoms with E-state index in [1.165, 1.54) is 24.3 Å². The van der Waals surface area contributed by atoms with Gasteiger partial charge in [0.25, 0.3) is 5.91 Å². The van der Waals surface area contributed by atoms with Crippen molar-refractivity contribution in [3.8, 4) is 0 Å². The zero-order valence-corrected chi connectivity index (χ0v) is 15.1. The molecule has 0 bridgehead atoms. The van der Waals surface area contributed by atoms with Crippen LogP contribution in [0.4, 0.5) is 9.18 Å². The molecule has 2 aliphatic rings. The highest BCUT2D eigenvalue weighted by Gasteiger charge is 2.52. The number of amides is 4. The summed E-state index contributed by atoms with van der Waals surface area (Å²) in [5, 5.41) is 2.72. The van der Waals surface area contributed by atoms with Gasteiger partial charge in [0, 0.05) is 12.6 Å². The lowest BCUT2D eigenvalue weighted by Crippen LogP contribution is -2.49. The summed E-state index contributed by atoms with van der Waals surface area (Å²) in [6, 6.07) is 5.04. The lowest BCUT2D eigenvalue weighted by Gasteiger charge is -2.34. The normalized spacial score (nSPS) is 26.2. The van der Waals surface area contributed by atoms with Crippen molar-refractivity contribution in [1.29, 1.82) is 0 Å². The molecule has 2 atom stereocenters. The highest BCUT2D eigenvalue weighted by Crippen LogP contribution is 2.32. The molecule has 2 aliphatic heterocycles. The van der Waals surface area contributed by atoms with Gasteiger partial charge in [0.15, 0.2) is 0 Å². The maximum absolute atomic E-state index is 13.2. The van der Waals surface area contributed by atoms with E-state index >= 15 is 0 Å². The summed E-state index contributed by atoms with van der Waals surface area (Å²) in [4.78, 5) is 40.8. The van der Waals surface area contributed by atoms with E-state index in [-0.39, 0.29) is 18.5 Å². The number of carbonyl (C=O) groups excluding carboxylic acids is 3. The number of likely N-dealkylation sites (tertiary alicyclic amines) is 1. The van der Waals surface area contributed by atoms with Crippen LogP contribution in [0.5, 0.6) is 0 Å². The van der Waals surface area contributed by atoms with Crippen molar-refractivity contribution >= 4 is 17.8 Å². The molecule has 2 saturated heterocycles. The maximum atomic E-state index is 13.2. The van der Waals surface area contributed by atoms with E-state index in [1.807, 2.05) is 6.92 Å². The SMILES string of the molecule is CCC1(c2ccc(F)cc2)NC(=O)N(CC(=O)N2CCCCC2C)C1=O. The van der Waals surface area contributed by atoms with E-state index in [0.29, 0.717) is 18.5 Å². The van der Waals surface area contributed by atoms with Crippen LogP contribution in [-0.4, -0.2) is 46.8 Å². The number of imide groups is 1. The predicted octanol–water partition coefficient (Wildman–Crippen LogP) is 2.38. The Balaban J connectivity index is 1.81. The van der Waals surface area contributed by atoms with Gasteiger partial charge < -0.3 is 10.2 Å². The van der Waals surface area contributed by atoms with Gasteiger partial charge in [-0.3, -0.25) is 14.5 Å². The quantitative estimate of drug-likeness (QED) is 0.837. The molecule has 1 aromatic rings. The predicted molar refractivity (Wildman–Crippen MR) is 93.6 cm³/mol. The molecule has 0 aliphatic carbocycles. The fourth-order valence-corrected chi connectivity index (χ4v) is 3.84. The Hall–Kier alpha value is -2.44. The van der Waals surface area contributed by atoms with Crippen molar-refractivity contribution < 1.29 is 18.8 Å². The molecule has 1 N–H and O–H groups in total. The van der Waals surface area contributed by atoms with E-state index in [0.717, 1.165) is 24.2 Å². The smallest absolute Gasteiger partial charge is 0.325 e. The van der Waals surface area contributed by atoms with Gasteiger partial charge in [0.05, 0.1) is 0 Å². The Bertz CT molecular complexity index is 721. The van der Waals surface area contributed by atoms with Gasteiger partial charge in [0.1, 0.15) is 17.9 Å². The fraction of sp³-hybridized carbons (Fsp3) is 0.526. The van der Waals surface area contributed by atoms with Crippen LogP contribution in [0, 0.1) is 5.82 Å². The molecular formula is C19H24FN3O3. The average molecular weight is 361 g/mol. The molecule has 4 amide bonds. The fourth-order valence-electron chi connectivity index (χ4n) is 3.84. The molecule has 0 saturated carbocycles. The Morgan fingerprint density at radius 3 is 2.58 bits per heavy atom. The van der Waals surface area contributed by atoms with Gasteiger partial charge in [-0.2, -0.15) is 0 Å². The number of piperidine rings is 1. The van der Waals surface area contributed by atoms with E-state index in [9.17, 15) is 18.8 Å². The summed E-state index contributed by atoms with van der Waals surface area (Å²) in [6.45, 7) is 4.15. The minimum Gasteiger partial charge on any atom is -0.338 e. The summed E-state index contributed by atoms with van der Waals surface area (Å²) in [5.41, 5.74) is -0.737. The highest BCUT2D eigenvalue weighted by molar-refractivity contribution is 6.09. The van der Waals surface area contributed by atoms with Crippen LogP contribution in [0.3, 0.4) is 0 Å². The van der Waals surface area contributed by atoms with E-state index in [1.54, 1.807) is 11.8 Å². The molecule has 2 unspecified atom stereocenters. The first-order valence-electron chi connectivity index (χ1n) is 9.08.